The first kappa shape index (κ1) is 14.9. The Labute approximate surface area is 121 Å². The quantitative estimate of drug-likeness (QED) is 0.643. The van der Waals surface area contributed by atoms with Crippen LogP contribution in [0.5, 0.6) is 5.75 Å². The molecule has 1 N–H and O–H groups in total. The largest absolute Gasteiger partial charge is 0.490 e. The van der Waals surface area contributed by atoms with Gasteiger partial charge in [0.2, 0.25) is 11.8 Å². The maximum Gasteiger partial charge on any atom is 0.310 e. The summed E-state index contributed by atoms with van der Waals surface area (Å²) in [5.41, 5.74) is 0.460. The lowest BCUT2D eigenvalue weighted by Gasteiger charge is -2.06. The molecule has 1 heterocycles. The third-order valence-corrected chi connectivity index (χ3v) is 2.94. The predicted molar refractivity (Wildman–Crippen MR) is 75.0 cm³/mol. The fourth-order valence-electron chi connectivity index (χ4n) is 1.88. The molecular weight excluding hydrogens is 276 g/mol. The molecule has 1 aromatic carbocycles. The van der Waals surface area contributed by atoms with Gasteiger partial charge in [0.15, 0.2) is 5.75 Å². The Morgan fingerprint density at radius 3 is 2.86 bits per heavy atom. The molecule has 112 valence electrons. The lowest BCUT2D eigenvalue weighted by atomic mass is 10.2. The van der Waals surface area contributed by atoms with Crippen molar-refractivity contribution >= 4 is 5.69 Å². The average molecular weight is 292 g/mol. The average Bonchev–Trinajstić information content (AvgIpc) is 2.96. The Morgan fingerprint density at radius 1 is 1.48 bits per heavy atom. The normalized spacial score (nSPS) is 12.1. The number of nitro benzene ring substituents is 1. The summed E-state index contributed by atoms with van der Waals surface area (Å²) in [5, 5.41) is 22.0. The number of rotatable bonds is 6. The highest BCUT2D eigenvalue weighted by molar-refractivity contribution is 5.61. The Bertz CT molecular complexity index is 641. The van der Waals surface area contributed by atoms with Crippen LogP contribution in [0.3, 0.4) is 0 Å². The highest BCUT2D eigenvalue weighted by atomic mass is 16.6. The highest BCUT2D eigenvalue weighted by Crippen LogP contribution is 2.31. The van der Waals surface area contributed by atoms with Crippen LogP contribution in [0.15, 0.2) is 22.6 Å². The summed E-state index contributed by atoms with van der Waals surface area (Å²) in [5.74, 6) is 0.907. The van der Waals surface area contributed by atoms with Gasteiger partial charge in [-0.2, -0.15) is 0 Å². The molecule has 0 fully saturated rings. The van der Waals surface area contributed by atoms with E-state index in [2.05, 4.69) is 15.5 Å². The van der Waals surface area contributed by atoms with E-state index < -0.39 is 4.92 Å². The molecule has 2 aromatic rings. The Kier molecular flexibility index (Phi) is 4.49. The zero-order valence-corrected chi connectivity index (χ0v) is 12.0. The standard InChI is InChI=1S/C13H16N4O4/c1-4-14-8(2)12-15-16-13(21-12)9-5-6-10(17(18)19)11(7-9)20-3/h5-8,14H,4H2,1-3H3. The lowest BCUT2D eigenvalue weighted by Crippen LogP contribution is -2.17. The van der Waals surface area contributed by atoms with Crippen LogP contribution in [0.25, 0.3) is 11.5 Å². The van der Waals surface area contributed by atoms with Crippen LogP contribution in [0.1, 0.15) is 25.8 Å². The molecule has 0 aliphatic rings. The van der Waals surface area contributed by atoms with Gasteiger partial charge >= 0.3 is 5.69 Å². The van der Waals surface area contributed by atoms with Gasteiger partial charge in [-0.15, -0.1) is 10.2 Å². The SMILES string of the molecule is CCNC(C)c1nnc(-c2ccc([N+](=O)[O-])c(OC)c2)o1. The molecule has 0 bridgehead atoms. The molecule has 0 radical (unpaired) electrons. The zero-order valence-electron chi connectivity index (χ0n) is 12.0. The number of ether oxygens (including phenoxy) is 1. The van der Waals surface area contributed by atoms with Crippen molar-refractivity contribution in [2.24, 2.45) is 0 Å². The molecule has 0 amide bonds. The van der Waals surface area contributed by atoms with E-state index in [0.717, 1.165) is 6.54 Å². The fraction of sp³-hybridized carbons (Fsp3) is 0.385. The summed E-state index contributed by atoms with van der Waals surface area (Å²) >= 11 is 0. The van der Waals surface area contributed by atoms with Crippen molar-refractivity contribution in [3.63, 3.8) is 0 Å². The van der Waals surface area contributed by atoms with E-state index in [1.807, 2.05) is 13.8 Å². The van der Waals surface area contributed by atoms with Gasteiger partial charge < -0.3 is 14.5 Å². The Morgan fingerprint density at radius 2 is 2.24 bits per heavy atom. The van der Waals surface area contributed by atoms with Crippen LogP contribution in [-0.2, 0) is 0 Å². The van der Waals surface area contributed by atoms with E-state index in [1.54, 1.807) is 6.07 Å². The summed E-state index contributed by atoms with van der Waals surface area (Å²) in [4.78, 5) is 10.4. The van der Waals surface area contributed by atoms with E-state index in [1.165, 1.54) is 19.2 Å². The van der Waals surface area contributed by atoms with Gasteiger partial charge in [0.1, 0.15) is 0 Å². The van der Waals surface area contributed by atoms with Crippen molar-refractivity contribution in [3.8, 4) is 17.2 Å². The summed E-state index contributed by atoms with van der Waals surface area (Å²) in [7, 11) is 1.37. The maximum absolute atomic E-state index is 10.9. The second-order valence-corrected chi connectivity index (χ2v) is 4.37. The van der Waals surface area contributed by atoms with Crippen molar-refractivity contribution < 1.29 is 14.1 Å². The first-order valence-corrected chi connectivity index (χ1v) is 6.46. The van der Waals surface area contributed by atoms with Crippen LogP contribution in [-0.4, -0.2) is 28.8 Å². The van der Waals surface area contributed by atoms with Crippen molar-refractivity contribution in [2.75, 3.05) is 13.7 Å². The molecular formula is C13H16N4O4. The van der Waals surface area contributed by atoms with Gasteiger partial charge in [-0.25, -0.2) is 0 Å². The van der Waals surface area contributed by atoms with E-state index in [-0.39, 0.29) is 17.5 Å². The van der Waals surface area contributed by atoms with Gasteiger partial charge in [-0.05, 0) is 19.5 Å². The number of nitrogens with one attached hydrogen (secondary N) is 1. The van der Waals surface area contributed by atoms with Crippen LogP contribution < -0.4 is 10.1 Å². The summed E-state index contributed by atoms with van der Waals surface area (Å²) in [6.45, 7) is 4.68. The van der Waals surface area contributed by atoms with Crippen molar-refractivity contribution in [1.29, 1.82) is 0 Å². The van der Waals surface area contributed by atoms with Gasteiger partial charge in [0.25, 0.3) is 0 Å². The smallest absolute Gasteiger partial charge is 0.310 e. The first-order chi connectivity index (χ1) is 10.1. The minimum Gasteiger partial charge on any atom is -0.490 e. The van der Waals surface area contributed by atoms with Gasteiger partial charge in [0, 0.05) is 17.7 Å². The summed E-state index contributed by atoms with van der Waals surface area (Å²) in [6, 6.07) is 4.35. The number of aromatic nitrogens is 2. The number of nitro groups is 1. The van der Waals surface area contributed by atoms with E-state index in [9.17, 15) is 10.1 Å². The molecule has 0 saturated carbocycles. The molecule has 0 aliphatic heterocycles. The third-order valence-electron chi connectivity index (χ3n) is 2.94. The number of benzene rings is 1. The summed E-state index contributed by atoms with van der Waals surface area (Å²) in [6.07, 6.45) is 0. The van der Waals surface area contributed by atoms with Crippen molar-refractivity contribution in [1.82, 2.24) is 15.5 Å². The van der Waals surface area contributed by atoms with E-state index >= 15 is 0 Å². The molecule has 0 aliphatic carbocycles. The minimum atomic E-state index is -0.505. The molecule has 0 spiro atoms. The Balaban J connectivity index is 2.32. The molecule has 1 unspecified atom stereocenters. The zero-order chi connectivity index (χ0) is 15.4. The molecule has 8 heteroatoms. The molecule has 8 nitrogen and oxygen atoms in total. The number of hydrogen-bond acceptors (Lipinski definition) is 7. The molecule has 0 saturated heterocycles. The van der Waals surface area contributed by atoms with E-state index in [4.69, 9.17) is 9.15 Å². The molecule has 1 atom stereocenters. The van der Waals surface area contributed by atoms with Gasteiger partial charge in [-0.1, -0.05) is 6.92 Å². The van der Waals surface area contributed by atoms with Crippen LogP contribution >= 0.6 is 0 Å². The van der Waals surface area contributed by atoms with Crippen LogP contribution in [0.4, 0.5) is 5.69 Å². The van der Waals surface area contributed by atoms with Crippen LogP contribution in [0.2, 0.25) is 0 Å². The minimum absolute atomic E-state index is 0.0591. The maximum atomic E-state index is 10.9. The van der Waals surface area contributed by atoms with Crippen molar-refractivity contribution in [3.05, 3.63) is 34.2 Å². The van der Waals surface area contributed by atoms with Gasteiger partial charge in [0.05, 0.1) is 18.1 Å². The molecule has 21 heavy (non-hydrogen) atoms. The van der Waals surface area contributed by atoms with Crippen molar-refractivity contribution in [2.45, 2.75) is 19.9 Å². The first-order valence-electron chi connectivity index (χ1n) is 6.46. The van der Waals surface area contributed by atoms with E-state index in [0.29, 0.717) is 17.3 Å². The topological polar surface area (TPSA) is 103 Å². The Hall–Kier alpha value is -2.48. The number of hydrogen-bond donors (Lipinski definition) is 1. The fourth-order valence-corrected chi connectivity index (χ4v) is 1.88. The number of nitrogens with zero attached hydrogens (tertiary/aromatic N) is 3. The lowest BCUT2D eigenvalue weighted by molar-refractivity contribution is -0.385. The summed E-state index contributed by atoms with van der Waals surface area (Å²) < 4.78 is 10.6. The second kappa shape index (κ2) is 6.31. The number of methoxy groups -OCH3 is 1. The predicted octanol–water partition coefficient (Wildman–Crippen LogP) is 2.32. The highest BCUT2D eigenvalue weighted by Gasteiger charge is 2.19. The molecule has 1 aromatic heterocycles. The van der Waals surface area contributed by atoms with Gasteiger partial charge in [-0.3, -0.25) is 10.1 Å². The molecule has 2 rings (SSSR count). The second-order valence-electron chi connectivity index (χ2n) is 4.37. The third kappa shape index (κ3) is 3.16. The van der Waals surface area contributed by atoms with Crippen LogP contribution in [0, 0.1) is 10.1 Å². The monoisotopic (exact) mass is 292 g/mol.